The highest BCUT2D eigenvalue weighted by molar-refractivity contribution is 5.75. The molecule has 0 heterocycles. The smallest absolute Gasteiger partial charge is 0.220 e. The van der Waals surface area contributed by atoms with Gasteiger partial charge in [0, 0.05) is 18.5 Å². The number of carbonyl (C=O) groups is 1. The number of carbonyl (C=O) groups excluding carboxylic acids is 1. The predicted octanol–water partition coefficient (Wildman–Crippen LogP) is 3.76. The van der Waals surface area contributed by atoms with E-state index in [1.807, 2.05) is 0 Å². The van der Waals surface area contributed by atoms with Gasteiger partial charge in [-0.15, -0.1) is 0 Å². The van der Waals surface area contributed by atoms with Crippen LogP contribution in [0.2, 0.25) is 0 Å². The first-order valence-corrected chi connectivity index (χ1v) is 8.13. The van der Waals surface area contributed by atoms with E-state index in [9.17, 15) is 4.79 Å². The molecule has 114 valence electrons. The molecule has 0 fully saturated rings. The average Bonchev–Trinajstić information content (AvgIpc) is 2.44. The zero-order valence-electron chi connectivity index (χ0n) is 13.3. The number of rotatable bonds is 12. The Kier molecular flexibility index (Phi) is 10.9. The molecule has 3 heteroatoms. The van der Waals surface area contributed by atoms with Crippen LogP contribution in [0.4, 0.5) is 0 Å². The first-order chi connectivity index (χ1) is 9.08. The van der Waals surface area contributed by atoms with Crippen molar-refractivity contribution >= 4 is 5.91 Å². The van der Waals surface area contributed by atoms with Gasteiger partial charge in [-0.05, 0) is 19.3 Å². The molecular formula is C16H34N2O. The summed E-state index contributed by atoms with van der Waals surface area (Å²) >= 11 is 0. The van der Waals surface area contributed by atoms with E-state index in [0.29, 0.717) is 13.0 Å². The van der Waals surface area contributed by atoms with Gasteiger partial charge in [0.05, 0.1) is 0 Å². The summed E-state index contributed by atoms with van der Waals surface area (Å²) < 4.78 is 0. The molecule has 0 aliphatic rings. The van der Waals surface area contributed by atoms with Crippen LogP contribution in [0.15, 0.2) is 0 Å². The molecule has 0 aromatic rings. The Morgan fingerprint density at radius 3 is 2.00 bits per heavy atom. The maximum absolute atomic E-state index is 11.7. The molecule has 0 aliphatic heterocycles. The van der Waals surface area contributed by atoms with Gasteiger partial charge in [0.2, 0.25) is 5.91 Å². The molecule has 0 saturated heterocycles. The second-order valence-electron chi connectivity index (χ2n) is 5.72. The van der Waals surface area contributed by atoms with E-state index in [-0.39, 0.29) is 11.4 Å². The highest BCUT2D eigenvalue weighted by atomic mass is 16.1. The lowest BCUT2D eigenvalue weighted by molar-refractivity contribution is -0.121. The predicted molar refractivity (Wildman–Crippen MR) is 83.1 cm³/mol. The summed E-state index contributed by atoms with van der Waals surface area (Å²) in [6.45, 7) is 6.99. The number of hydrogen-bond acceptors (Lipinski definition) is 2. The van der Waals surface area contributed by atoms with Crippen molar-refractivity contribution in [2.45, 2.75) is 90.5 Å². The molecule has 0 unspecified atom stereocenters. The van der Waals surface area contributed by atoms with Crippen LogP contribution in [-0.2, 0) is 4.79 Å². The minimum atomic E-state index is -0.226. The summed E-state index contributed by atoms with van der Waals surface area (Å²) in [7, 11) is 0. The molecule has 0 spiro atoms. The zero-order chi connectivity index (χ0) is 14.6. The van der Waals surface area contributed by atoms with Gasteiger partial charge in [-0.3, -0.25) is 4.79 Å². The van der Waals surface area contributed by atoms with E-state index in [0.717, 1.165) is 19.3 Å². The van der Waals surface area contributed by atoms with Gasteiger partial charge in [-0.1, -0.05) is 59.3 Å². The zero-order valence-corrected chi connectivity index (χ0v) is 13.3. The second kappa shape index (κ2) is 11.3. The Hall–Kier alpha value is -0.570. The summed E-state index contributed by atoms with van der Waals surface area (Å²) in [4.78, 5) is 11.7. The van der Waals surface area contributed by atoms with E-state index in [4.69, 9.17) is 5.73 Å². The Morgan fingerprint density at radius 2 is 1.47 bits per heavy atom. The Bertz CT molecular complexity index is 225. The maximum atomic E-state index is 11.7. The number of amides is 1. The molecule has 0 atom stereocenters. The van der Waals surface area contributed by atoms with Crippen molar-refractivity contribution in [3.05, 3.63) is 0 Å². The Balaban J connectivity index is 3.49. The van der Waals surface area contributed by atoms with E-state index in [2.05, 4.69) is 26.1 Å². The molecule has 3 nitrogen and oxygen atoms in total. The van der Waals surface area contributed by atoms with Gasteiger partial charge in [-0.2, -0.15) is 0 Å². The Morgan fingerprint density at radius 1 is 0.947 bits per heavy atom. The average molecular weight is 270 g/mol. The molecular weight excluding hydrogens is 236 g/mol. The van der Waals surface area contributed by atoms with Crippen molar-refractivity contribution in [2.24, 2.45) is 5.73 Å². The molecule has 3 N–H and O–H groups in total. The van der Waals surface area contributed by atoms with Crippen LogP contribution in [0, 0.1) is 0 Å². The topological polar surface area (TPSA) is 55.1 Å². The molecule has 0 radical (unpaired) electrons. The minimum absolute atomic E-state index is 0.158. The van der Waals surface area contributed by atoms with Gasteiger partial charge in [0.25, 0.3) is 0 Å². The largest absolute Gasteiger partial charge is 0.354 e. The fraction of sp³-hybridized carbons (Fsp3) is 0.938. The molecule has 19 heavy (non-hydrogen) atoms. The number of hydrogen-bond donors (Lipinski definition) is 2. The van der Waals surface area contributed by atoms with Crippen LogP contribution in [0.5, 0.6) is 0 Å². The minimum Gasteiger partial charge on any atom is -0.354 e. The summed E-state index contributed by atoms with van der Waals surface area (Å²) in [5.74, 6) is 0.158. The van der Waals surface area contributed by atoms with E-state index >= 15 is 0 Å². The number of nitrogens with two attached hydrogens (primary N) is 1. The molecule has 0 aliphatic carbocycles. The second-order valence-corrected chi connectivity index (χ2v) is 5.72. The lowest BCUT2D eigenvalue weighted by atomic mass is 9.94. The normalized spacial score (nSPS) is 11.6. The lowest BCUT2D eigenvalue weighted by Crippen LogP contribution is -2.49. The lowest BCUT2D eigenvalue weighted by Gasteiger charge is -2.26. The van der Waals surface area contributed by atoms with Gasteiger partial charge in [0.15, 0.2) is 0 Å². The molecule has 0 saturated carbocycles. The SMILES string of the molecule is CCCCCCCCCC(=O)NCC(N)(CC)CC. The molecule has 1 amide bonds. The van der Waals surface area contributed by atoms with Gasteiger partial charge in [-0.25, -0.2) is 0 Å². The van der Waals surface area contributed by atoms with Gasteiger partial charge in [0.1, 0.15) is 0 Å². The third-order valence-corrected chi connectivity index (χ3v) is 4.05. The first-order valence-electron chi connectivity index (χ1n) is 8.13. The monoisotopic (exact) mass is 270 g/mol. The highest BCUT2D eigenvalue weighted by Gasteiger charge is 2.20. The summed E-state index contributed by atoms with van der Waals surface area (Å²) in [5.41, 5.74) is 5.93. The summed E-state index contributed by atoms with van der Waals surface area (Å²) in [5, 5.41) is 2.97. The van der Waals surface area contributed by atoms with Crippen LogP contribution in [0.25, 0.3) is 0 Å². The number of unbranched alkanes of at least 4 members (excludes halogenated alkanes) is 6. The van der Waals surface area contributed by atoms with Crippen LogP contribution in [-0.4, -0.2) is 18.0 Å². The van der Waals surface area contributed by atoms with Crippen LogP contribution in [0.1, 0.15) is 85.0 Å². The van der Waals surface area contributed by atoms with Gasteiger partial charge >= 0.3 is 0 Å². The third-order valence-electron chi connectivity index (χ3n) is 4.05. The van der Waals surface area contributed by atoms with E-state index in [1.165, 1.54) is 38.5 Å². The standard InChI is InChI=1S/C16H34N2O/c1-4-7-8-9-10-11-12-13-15(19)18-14-16(17,5-2)6-3/h4-14,17H2,1-3H3,(H,18,19). The highest BCUT2D eigenvalue weighted by Crippen LogP contribution is 2.10. The van der Waals surface area contributed by atoms with Crippen molar-refractivity contribution in [2.75, 3.05) is 6.54 Å². The quantitative estimate of drug-likeness (QED) is 0.530. The van der Waals surface area contributed by atoms with Crippen LogP contribution < -0.4 is 11.1 Å². The van der Waals surface area contributed by atoms with Crippen molar-refractivity contribution in [3.8, 4) is 0 Å². The van der Waals surface area contributed by atoms with E-state index < -0.39 is 0 Å². The van der Waals surface area contributed by atoms with Crippen LogP contribution in [0.3, 0.4) is 0 Å². The molecule has 0 rings (SSSR count). The van der Waals surface area contributed by atoms with Gasteiger partial charge < -0.3 is 11.1 Å². The van der Waals surface area contributed by atoms with E-state index in [1.54, 1.807) is 0 Å². The first kappa shape index (κ1) is 18.4. The number of nitrogens with one attached hydrogen (secondary N) is 1. The van der Waals surface area contributed by atoms with Crippen molar-refractivity contribution in [1.82, 2.24) is 5.32 Å². The molecule has 0 aromatic heterocycles. The summed E-state index contributed by atoms with van der Waals surface area (Å²) in [6.07, 6.45) is 11.2. The van der Waals surface area contributed by atoms with Crippen molar-refractivity contribution in [3.63, 3.8) is 0 Å². The van der Waals surface area contributed by atoms with Crippen molar-refractivity contribution < 1.29 is 4.79 Å². The fourth-order valence-corrected chi connectivity index (χ4v) is 2.11. The maximum Gasteiger partial charge on any atom is 0.220 e. The van der Waals surface area contributed by atoms with Crippen molar-refractivity contribution in [1.29, 1.82) is 0 Å². The van der Waals surface area contributed by atoms with Crippen LogP contribution >= 0.6 is 0 Å². The third kappa shape index (κ3) is 9.94. The molecule has 0 aromatic carbocycles. The fourth-order valence-electron chi connectivity index (χ4n) is 2.11. The Labute approximate surface area is 119 Å². The molecule has 0 bridgehead atoms. The summed E-state index contributed by atoms with van der Waals surface area (Å²) in [6, 6.07) is 0.